The molecule has 0 aliphatic carbocycles. The summed E-state index contributed by atoms with van der Waals surface area (Å²) in [4.78, 5) is 52.5. The van der Waals surface area contributed by atoms with Gasteiger partial charge in [-0.3, -0.25) is 14.4 Å². The van der Waals surface area contributed by atoms with Crippen LogP contribution in [0.1, 0.15) is 27.2 Å². The lowest BCUT2D eigenvalue weighted by atomic mass is 10.1. The van der Waals surface area contributed by atoms with Gasteiger partial charge >= 0.3 is 0 Å². The number of benzene rings is 2. The van der Waals surface area contributed by atoms with E-state index in [1.165, 1.54) is 28.9 Å². The Labute approximate surface area is 291 Å². The van der Waals surface area contributed by atoms with E-state index in [0.29, 0.717) is 44.0 Å². The topological polar surface area (TPSA) is 126 Å². The van der Waals surface area contributed by atoms with Crippen molar-refractivity contribution in [1.29, 1.82) is 0 Å². The van der Waals surface area contributed by atoms with E-state index in [2.05, 4.69) is 25.6 Å². The number of rotatable bonds is 11. The number of fused-ring (bicyclic) bond motifs is 1. The number of halogens is 2. The fourth-order valence-electron chi connectivity index (χ4n) is 4.59. The van der Waals surface area contributed by atoms with E-state index >= 15 is 0 Å². The molecule has 2 N–H and O–H groups in total. The van der Waals surface area contributed by atoms with Crippen LogP contribution in [0.15, 0.2) is 90.2 Å². The average molecular weight is 702 g/mol. The molecule has 0 bridgehead atoms. The van der Waals surface area contributed by atoms with E-state index in [-0.39, 0.29) is 24.1 Å². The summed E-state index contributed by atoms with van der Waals surface area (Å²) < 4.78 is 6.08. The zero-order valence-corrected chi connectivity index (χ0v) is 28.5. The van der Waals surface area contributed by atoms with E-state index in [4.69, 9.17) is 27.9 Å². The molecule has 48 heavy (non-hydrogen) atoms. The van der Waals surface area contributed by atoms with Gasteiger partial charge in [-0.2, -0.15) is 0 Å². The number of carbonyl (C=O) groups is 3. The zero-order valence-electron chi connectivity index (χ0n) is 26.2. The van der Waals surface area contributed by atoms with Gasteiger partial charge in [-0.25, -0.2) is 15.0 Å². The molecule has 0 unspecified atom stereocenters. The van der Waals surface area contributed by atoms with Gasteiger partial charge in [0, 0.05) is 47.2 Å². The molecule has 13 heteroatoms. The minimum Gasteiger partial charge on any atom is -0.487 e. The van der Waals surface area contributed by atoms with Crippen LogP contribution in [0.2, 0.25) is 10.0 Å². The SMILES string of the molecule is CSc1ncccc1C(=O)Nc1ccc(/C=C/C(=O)NCC(=O)N(C)c2ccc(Cl)c(COc3cccc4ccc(C)nc34)c2Cl)cn1. The third-order valence-electron chi connectivity index (χ3n) is 7.17. The van der Waals surface area contributed by atoms with E-state index in [9.17, 15) is 14.4 Å². The predicted molar refractivity (Wildman–Crippen MR) is 191 cm³/mol. The fourth-order valence-corrected chi connectivity index (χ4v) is 5.75. The number of para-hydroxylation sites is 1. The third-order valence-corrected chi connectivity index (χ3v) is 8.66. The van der Waals surface area contributed by atoms with Crippen LogP contribution in [0.4, 0.5) is 11.5 Å². The number of carbonyl (C=O) groups excluding carboxylic acids is 3. The molecule has 0 fully saturated rings. The minimum atomic E-state index is -0.481. The maximum absolute atomic E-state index is 13.0. The standard InChI is InChI=1S/C35H30Cl2N6O4S/c1-21-9-12-23-6-4-8-28(33(23)41-21)47-20-25-26(36)13-14-27(32(25)37)43(2)31(45)19-40-30(44)16-11-22-10-15-29(39-18-22)42-34(46)24-7-5-17-38-35(24)48-3/h4-18H,19-20H2,1-3H3,(H,40,44)(H,39,42,46)/b16-11+. The number of likely N-dealkylation sites (N-methyl/N-ethyl adjacent to an activating group) is 1. The summed E-state index contributed by atoms with van der Waals surface area (Å²) in [5.41, 5.74) is 3.57. The molecule has 3 aromatic heterocycles. The van der Waals surface area contributed by atoms with Crippen molar-refractivity contribution in [3.8, 4) is 5.75 Å². The second-order valence-corrected chi connectivity index (χ2v) is 12.0. The van der Waals surface area contributed by atoms with Gasteiger partial charge in [-0.15, -0.1) is 11.8 Å². The molecule has 3 amide bonds. The Balaban J connectivity index is 1.16. The number of aromatic nitrogens is 3. The zero-order chi connectivity index (χ0) is 34.2. The second kappa shape index (κ2) is 15.7. The van der Waals surface area contributed by atoms with Crippen LogP contribution >= 0.6 is 35.0 Å². The van der Waals surface area contributed by atoms with Crippen molar-refractivity contribution in [2.24, 2.45) is 0 Å². The number of aryl methyl sites for hydroxylation is 1. The highest BCUT2D eigenvalue weighted by molar-refractivity contribution is 7.98. The Morgan fingerprint density at radius 1 is 1.00 bits per heavy atom. The fraction of sp³-hybridized carbons (Fsp3) is 0.143. The van der Waals surface area contributed by atoms with Gasteiger partial charge in [0.05, 0.1) is 22.8 Å². The summed E-state index contributed by atoms with van der Waals surface area (Å²) in [6, 6.07) is 19.5. The van der Waals surface area contributed by atoms with Crippen LogP contribution in [0.5, 0.6) is 5.75 Å². The molecule has 0 aliphatic heterocycles. The Morgan fingerprint density at radius 2 is 1.83 bits per heavy atom. The molecule has 0 aliphatic rings. The van der Waals surface area contributed by atoms with Crippen LogP contribution in [-0.4, -0.2) is 52.5 Å². The first kappa shape index (κ1) is 34.4. The summed E-state index contributed by atoms with van der Waals surface area (Å²) in [5, 5.41) is 7.51. The van der Waals surface area contributed by atoms with Crippen LogP contribution in [0.25, 0.3) is 17.0 Å². The maximum atomic E-state index is 13.0. The minimum absolute atomic E-state index is 0.0511. The number of amides is 3. The number of ether oxygens (including phenoxy) is 1. The smallest absolute Gasteiger partial charge is 0.259 e. The molecule has 0 radical (unpaired) electrons. The summed E-state index contributed by atoms with van der Waals surface area (Å²) in [6.07, 6.45) is 7.82. The first-order chi connectivity index (χ1) is 23.1. The summed E-state index contributed by atoms with van der Waals surface area (Å²) in [5.74, 6) is -0.275. The number of nitrogens with one attached hydrogen (secondary N) is 2. The Morgan fingerprint density at radius 3 is 2.60 bits per heavy atom. The second-order valence-electron chi connectivity index (χ2n) is 10.4. The van der Waals surface area contributed by atoms with E-state index in [1.54, 1.807) is 55.7 Å². The molecule has 0 saturated heterocycles. The number of pyridine rings is 3. The lowest BCUT2D eigenvalue weighted by Gasteiger charge is -2.21. The van der Waals surface area contributed by atoms with Crippen LogP contribution in [0, 0.1) is 6.92 Å². The largest absolute Gasteiger partial charge is 0.487 e. The molecule has 0 saturated carbocycles. The predicted octanol–water partition coefficient (Wildman–Crippen LogP) is 6.99. The number of anilines is 2. The Hall–Kier alpha value is -4.97. The number of nitrogens with zero attached hydrogens (tertiary/aromatic N) is 4. The van der Waals surface area contributed by atoms with Gasteiger partial charge in [0.1, 0.15) is 28.7 Å². The first-order valence-corrected chi connectivity index (χ1v) is 16.6. The highest BCUT2D eigenvalue weighted by Gasteiger charge is 2.19. The van der Waals surface area contributed by atoms with Crippen molar-refractivity contribution in [1.82, 2.24) is 20.3 Å². The van der Waals surface area contributed by atoms with Gasteiger partial charge in [0.25, 0.3) is 5.91 Å². The number of hydrogen-bond donors (Lipinski definition) is 2. The van der Waals surface area contributed by atoms with Crippen LogP contribution in [-0.2, 0) is 16.2 Å². The first-order valence-electron chi connectivity index (χ1n) is 14.6. The van der Waals surface area contributed by atoms with Crippen LogP contribution in [0.3, 0.4) is 0 Å². The Kier molecular flexibility index (Phi) is 11.3. The number of thioether (sulfide) groups is 1. The highest BCUT2D eigenvalue weighted by atomic mass is 35.5. The van der Waals surface area contributed by atoms with Gasteiger partial charge in [-0.1, -0.05) is 41.4 Å². The van der Waals surface area contributed by atoms with Gasteiger partial charge in [0.15, 0.2) is 0 Å². The van der Waals surface area contributed by atoms with Gasteiger partial charge in [0.2, 0.25) is 11.8 Å². The van der Waals surface area contributed by atoms with Crippen molar-refractivity contribution in [3.63, 3.8) is 0 Å². The lowest BCUT2D eigenvalue weighted by molar-refractivity contribution is -0.122. The van der Waals surface area contributed by atoms with Crippen molar-refractivity contribution in [3.05, 3.63) is 118 Å². The highest BCUT2D eigenvalue weighted by Crippen LogP contribution is 2.35. The van der Waals surface area contributed by atoms with Crippen molar-refractivity contribution in [2.45, 2.75) is 18.6 Å². The van der Waals surface area contributed by atoms with Gasteiger partial charge in [-0.05, 0) is 73.3 Å². The molecule has 244 valence electrons. The monoisotopic (exact) mass is 700 g/mol. The Bertz CT molecular complexity index is 2020. The molecule has 0 atom stereocenters. The summed E-state index contributed by atoms with van der Waals surface area (Å²) in [6.45, 7) is 1.68. The molecule has 3 heterocycles. The summed E-state index contributed by atoms with van der Waals surface area (Å²) >= 11 is 14.6. The van der Waals surface area contributed by atoms with Crippen molar-refractivity contribution < 1.29 is 19.1 Å². The van der Waals surface area contributed by atoms with Crippen molar-refractivity contribution in [2.75, 3.05) is 30.1 Å². The maximum Gasteiger partial charge on any atom is 0.259 e. The molecule has 0 spiro atoms. The average Bonchev–Trinajstić information content (AvgIpc) is 3.10. The molecule has 5 aromatic rings. The molecular formula is C35H30Cl2N6O4S. The quantitative estimate of drug-likeness (QED) is 0.112. The molecular weight excluding hydrogens is 671 g/mol. The van der Waals surface area contributed by atoms with Gasteiger partial charge < -0.3 is 20.3 Å². The lowest BCUT2D eigenvalue weighted by Crippen LogP contribution is -2.37. The summed E-state index contributed by atoms with van der Waals surface area (Å²) in [7, 11) is 1.56. The molecule has 2 aromatic carbocycles. The molecule has 5 rings (SSSR count). The normalized spacial score (nSPS) is 11.0. The number of hydrogen-bond acceptors (Lipinski definition) is 8. The van der Waals surface area contributed by atoms with Crippen molar-refractivity contribution >= 4 is 81.2 Å². The molecule has 10 nitrogen and oxygen atoms in total. The van der Waals surface area contributed by atoms with Crippen LogP contribution < -0.4 is 20.3 Å². The van der Waals surface area contributed by atoms with E-state index in [0.717, 1.165) is 16.6 Å². The van der Waals surface area contributed by atoms with E-state index in [1.807, 2.05) is 43.5 Å². The van der Waals surface area contributed by atoms with E-state index < -0.39 is 11.8 Å². The third kappa shape index (κ3) is 8.29.